The van der Waals surface area contributed by atoms with Gasteiger partial charge in [0, 0.05) is 25.5 Å². The fourth-order valence-corrected chi connectivity index (χ4v) is 3.78. The number of amides is 1. The molecule has 198 valence electrons. The molecule has 0 spiro atoms. The number of aliphatic carboxylic acids is 1. The van der Waals surface area contributed by atoms with E-state index in [2.05, 4.69) is 36.5 Å². The van der Waals surface area contributed by atoms with E-state index < -0.39 is 12.1 Å². The molecule has 0 radical (unpaired) electrons. The number of rotatable bonds is 8. The van der Waals surface area contributed by atoms with Crippen LogP contribution in [0.2, 0.25) is 0 Å². The SMILES string of the molecule is CCC(CC)O[C@@H]1C=C(c2cc(Cc3ccccc3)on2)C[C@H](N)[C@H]1NC(C)=O.O=C(O)C(F)(F)F. The Hall–Kier alpha value is -3.18. The number of nitrogens with zero attached hydrogens (tertiary/aromatic N) is 1. The summed E-state index contributed by atoms with van der Waals surface area (Å²) in [6.45, 7) is 5.71. The van der Waals surface area contributed by atoms with Gasteiger partial charge in [-0.05, 0) is 36.5 Å². The number of halogens is 3. The number of nitrogens with two attached hydrogens (primary N) is 1. The van der Waals surface area contributed by atoms with Gasteiger partial charge in [0.1, 0.15) is 11.5 Å². The van der Waals surface area contributed by atoms with E-state index in [4.69, 9.17) is 24.9 Å². The van der Waals surface area contributed by atoms with E-state index in [-0.39, 0.29) is 30.2 Å². The standard InChI is InChI=1S/C23H31N3O3.C2HF3O2/c1-4-18(5-2)28-22-13-17(12-20(24)23(22)25-15(3)27)21-14-19(29-26-21)11-16-9-7-6-8-10-16;3-2(4,5)1(6)7/h6-10,13-14,18,20,22-23H,4-5,11-12,24H2,1-3H3,(H,25,27);(H,6,7)/t20-,22+,23+;/m0./s1. The first kappa shape index (κ1) is 29.1. The molecule has 1 heterocycles. The summed E-state index contributed by atoms with van der Waals surface area (Å²) < 4.78 is 43.6. The molecule has 8 nitrogen and oxygen atoms in total. The Bertz CT molecular complexity index is 1020. The summed E-state index contributed by atoms with van der Waals surface area (Å²) in [5.41, 5.74) is 9.39. The third-order valence-electron chi connectivity index (χ3n) is 5.62. The Labute approximate surface area is 207 Å². The smallest absolute Gasteiger partial charge is 0.475 e. The monoisotopic (exact) mass is 511 g/mol. The van der Waals surface area contributed by atoms with Gasteiger partial charge >= 0.3 is 12.1 Å². The second-order valence-electron chi connectivity index (χ2n) is 8.47. The highest BCUT2D eigenvalue weighted by atomic mass is 19.4. The maximum Gasteiger partial charge on any atom is 0.490 e. The number of hydrogen-bond donors (Lipinski definition) is 3. The van der Waals surface area contributed by atoms with Crippen LogP contribution in [0.3, 0.4) is 0 Å². The fourth-order valence-electron chi connectivity index (χ4n) is 3.78. The molecule has 0 unspecified atom stereocenters. The minimum atomic E-state index is -5.08. The highest BCUT2D eigenvalue weighted by Gasteiger charge is 2.38. The zero-order chi connectivity index (χ0) is 26.9. The first-order valence-electron chi connectivity index (χ1n) is 11.6. The lowest BCUT2D eigenvalue weighted by Gasteiger charge is -2.36. The third kappa shape index (κ3) is 8.80. The minimum Gasteiger partial charge on any atom is -0.475 e. The average molecular weight is 512 g/mol. The second-order valence-corrected chi connectivity index (χ2v) is 8.47. The van der Waals surface area contributed by atoms with Gasteiger partial charge in [-0.15, -0.1) is 0 Å². The summed E-state index contributed by atoms with van der Waals surface area (Å²) in [4.78, 5) is 20.6. The molecule has 0 fully saturated rings. The molecule has 1 aromatic heterocycles. The molecule has 0 bridgehead atoms. The predicted molar refractivity (Wildman–Crippen MR) is 127 cm³/mol. The van der Waals surface area contributed by atoms with Crippen LogP contribution in [0.15, 0.2) is 47.0 Å². The van der Waals surface area contributed by atoms with Gasteiger partial charge in [-0.3, -0.25) is 4.79 Å². The van der Waals surface area contributed by atoms with E-state index in [1.54, 1.807) is 0 Å². The molecule has 1 aliphatic rings. The van der Waals surface area contributed by atoms with Gasteiger partial charge in [0.15, 0.2) is 0 Å². The molecular weight excluding hydrogens is 479 g/mol. The van der Waals surface area contributed by atoms with Crippen molar-refractivity contribution in [3.63, 3.8) is 0 Å². The van der Waals surface area contributed by atoms with E-state index in [0.29, 0.717) is 12.8 Å². The van der Waals surface area contributed by atoms with E-state index in [1.807, 2.05) is 30.3 Å². The van der Waals surface area contributed by atoms with Crippen LogP contribution in [0.4, 0.5) is 13.2 Å². The van der Waals surface area contributed by atoms with Crippen LogP contribution in [0.1, 0.15) is 57.1 Å². The van der Waals surface area contributed by atoms with Crippen molar-refractivity contribution in [2.75, 3.05) is 0 Å². The number of carboxylic acid groups (broad SMARTS) is 1. The summed E-state index contributed by atoms with van der Waals surface area (Å²) in [7, 11) is 0. The van der Waals surface area contributed by atoms with E-state index in [9.17, 15) is 18.0 Å². The maximum atomic E-state index is 11.7. The van der Waals surface area contributed by atoms with Crippen molar-refractivity contribution in [3.8, 4) is 0 Å². The Kier molecular flexibility index (Phi) is 10.7. The number of benzene rings is 1. The predicted octanol–water partition coefficient (Wildman–Crippen LogP) is 4.09. The number of carboxylic acids is 1. The second kappa shape index (κ2) is 13.2. The quantitative estimate of drug-likeness (QED) is 0.487. The maximum absolute atomic E-state index is 11.7. The van der Waals surface area contributed by atoms with Crippen LogP contribution in [-0.2, 0) is 20.7 Å². The Morgan fingerprint density at radius 3 is 2.39 bits per heavy atom. The number of hydrogen-bond acceptors (Lipinski definition) is 6. The Morgan fingerprint density at radius 2 is 1.86 bits per heavy atom. The lowest BCUT2D eigenvalue weighted by Crippen LogP contribution is -2.56. The average Bonchev–Trinajstić information content (AvgIpc) is 3.28. The van der Waals surface area contributed by atoms with Crippen LogP contribution >= 0.6 is 0 Å². The lowest BCUT2D eigenvalue weighted by molar-refractivity contribution is -0.192. The molecule has 2 aromatic rings. The summed E-state index contributed by atoms with van der Waals surface area (Å²) in [6.07, 6.45) is -0.110. The number of alkyl halides is 3. The van der Waals surface area contributed by atoms with Crippen molar-refractivity contribution < 1.29 is 37.1 Å². The molecule has 0 saturated carbocycles. The van der Waals surface area contributed by atoms with Gasteiger partial charge in [0.05, 0.1) is 18.2 Å². The van der Waals surface area contributed by atoms with Gasteiger partial charge in [-0.1, -0.05) is 49.3 Å². The van der Waals surface area contributed by atoms with Crippen molar-refractivity contribution in [3.05, 3.63) is 59.5 Å². The highest BCUT2D eigenvalue weighted by molar-refractivity contribution is 5.74. The number of nitrogens with one attached hydrogen (secondary N) is 1. The molecule has 1 aliphatic carbocycles. The van der Waals surface area contributed by atoms with Gasteiger partial charge in [0.25, 0.3) is 0 Å². The molecular formula is C25H32F3N3O5. The summed E-state index contributed by atoms with van der Waals surface area (Å²) >= 11 is 0. The van der Waals surface area contributed by atoms with E-state index in [0.717, 1.165) is 29.9 Å². The Balaban J connectivity index is 0.000000572. The minimum absolute atomic E-state index is 0.105. The van der Waals surface area contributed by atoms with Crippen LogP contribution in [-0.4, -0.2) is 52.6 Å². The zero-order valence-corrected chi connectivity index (χ0v) is 20.4. The van der Waals surface area contributed by atoms with Crippen molar-refractivity contribution in [1.29, 1.82) is 0 Å². The third-order valence-corrected chi connectivity index (χ3v) is 5.62. The van der Waals surface area contributed by atoms with Crippen LogP contribution in [0.5, 0.6) is 0 Å². The highest BCUT2D eigenvalue weighted by Crippen LogP contribution is 2.29. The molecule has 36 heavy (non-hydrogen) atoms. The molecule has 1 aromatic carbocycles. The summed E-state index contributed by atoms with van der Waals surface area (Å²) in [5.74, 6) is -2.05. The summed E-state index contributed by atoms with van der Waals surface area (Å²) in [5, 5.41) is 14.4. The van der Waals surface area contributed by atoms with Gasteiger partial charge in [-0.2, -0.15) is 13.2 Å². The van der Waals surface area contributed by atoms with Crippen molar-refractivity contribution in [1.82, 2.24) is 10.5 Å². The molecule has 0 aliphatic heterocycles. The normalized spacial score (nSPS) is 19.8. The number of aromatic nitrogens is 1. The fraction of sp³-hybridized carbons (Fsp3) is 0.480. The van der Waals surface area contributed by atoms with Crippen molar-refractivity contribution >= 4 is 17.4 Å². The first-order valence-corrected chi connectivity index (χ1v) is 11.6. The number of carbonyl (C=O) groups excluding carboxylic acids is 1. The van der Waals surface area contributed by atoms with Crippen LogP contribution in [0.25, 0.3) is 5.57 Å². The van der Waals surface area contributed by atoms with Gasteiger partial charge < -0.3 is 25.4 Å². The number of carbonyl (C=O) groups is 2. The molecule has 3 rings (SSSR count). The largest absolute Gasteiger partial charge is 0.490 e. The molecule has 11 heteroatoms. The zero-order valence-electron chi connectivity index (χ0n) is 20.4. The van der Waals surface area contributed by atoms with Gasteiger partial charge in [0.2, 0.25) is 5.91 Å². The van der Waals surface area contributed by atoms with Crippen molar-refractivity contribution in [2.24, 2.45) is 5.73 Å². The molecule has 0 saturated heterocycles. The lowest BCUT2D eigenvalue weighted by atomic mass is 9.86. The van der Waals surface area contributed by atoms with Gasteiger partial charge in [-0.25, -0.2) is 4.79 Å². The van der Waals surface area contributed by atoms with Crippen LogP contribution < -0.4 is 11.1 Å². The van der Waals surface area contributed by atoms with Crippen molar-refractivity contribution in [2.45, 2.75) is 76.9 Å². The van der Waals surface area contributed by atoms with E-state index >= 15 is 0 Å². The molecule has 3 atom stereocenters. The molecule has 1 amide bonds. The molecule has 4 N–H and O–H groups in total. The Morgan fingerprint density at radius 1 is 1.25 bits per heavy atom. The topological polar surface area (TPSA) is 128 Å². The van der Waals surface area contributed by atoms with E-state index in [1.165, 1.54) is 12.5 Å². The first-order chi connectivity index (χ1) is 16.9. The summed E-state index contributed by atoms with van der Waals surface area (Å²) in [6, 6.07) is 11.6. The number of ether oxygens (including phenoxy) is 1. The van der Waals surface area contributed by atoms with Crippen LogP contribution in [0, 0.1) is 0 Å².